The number of amides is 1. The highest BCUT2D eigenvalue weighted by molar-refractivity contribution is 6.42. The third-order valence-electron chi connectivity index (χ3n) is 3.90. The van der Waals surface area contributed by atoms with Crippen LogP contribution in [-0.4, -0.2) is 20.9 Å². The Labute approximate surface area is 167 Å². The first-order valence-electron chi connectivity index (χ1n) is 7.83. The van der Waals surface area contributed by atoms with Crippen LogP contribution in [0.2, 0.25) is 10.0 Å². The van der Waals surface area contributed by atoms with Crippen molar-refractivity contribution in [3.8, 4) is 16.9 Å². The molecule has 0 radical (unpaired) electrons. The van der Waals surface area contributed by atoms with Crippen molar-refractivity contribution in [1.29, 1.82) is 0 Å². The standard InChI is InChI=1S/C18H12Cl2F3N3O2/c19-14-5-4-10(6-15(14)20)17-11(7-16(27)25-28)9-26(24-17)13-3-1-2-12(8-13)18(21,22)23/h1-6,8-9,28H,7H2,(H,25,27). The molecule has 3 rings (SSSR count). The Bertz CT molecular complexity index is 1040. The molecule has 0 saturated carbocycles. The maximum atomic E-state index is 13.0. The first-order chi connectivity index (χ1) is 13.2. The molecule has 0 bridgehead atoms. The minimum Gasteiger partial charge on any atom is -0.289 e. The van der Waals surface area contributed by atoms with Gasteiger partial charge < -0.3 is 0 Å². The van der Waals surface area contributed by atoms with Gasteiger partial charge in [0.2, 0.25) is 5.91 Å². The van der Waals surface area contributed by atoms with Crippen molar-refractivity contribution in [1.82, 2.24) is 15.3 Å². The number of hydrogen-bond donors (Lipinski definition) is 2. The van der Waals surface area contributed by atoms with E-state index in [1.807, 2.05) is 0 Å². The van der Waals surface area contributed by atoms with Crippen LogP contribution in [0.15, 0.2) is 48.7 Å². The summed E-state index contributed by atoms with van der Waals surface area (Å²) in [6.07, 6.45) is -3.33. The predicted octanol–water partition coefficient (Wildman–Crippen LogP) is 4.91. The van der Waals surface area contributed by atoms with Crippen LogP contribution in [0.5, 0.6) is 0 Å². The summed E-state index contributed by atoms with van der Waals surface area (Å²) < 4.78 is 40.2. The molecule has 0 fully saturated rings. The molecular weight excluding hydrogens is 418 g/mol. The molecule has 146 valence electrons. The van der Waals surface area contributed by atoms with Gasteiger partial charge in [0.1, 0.15) is 0 Å². The molecule has 1 aromatic heterocycles. The summed E-state index contributed by atoms with van der Waals surface area (Å²) in [5, 5.41) is 13.7. The molecular formula is C18H12Cl2F3N3O2. The monoisotopic (exact) mass is 429 g/mol. The molecule has 0 aliphatic heterocycles. The van der Waals surface area contributed by atoms with E-state index in [-0.39, 0.29) is 17.1 Å². The summed E-state index contributed by atoms with van der Waals surface area (Å²) in [5.41, 5.74) is 2.06. The molecule has 0 saturated heterocycles. The van der Waals surface area contributed by atoms with E-state index in [4.69, 9.17) is 28.4 Å². The van der Waals surface area contributed by atoms with Crippen molar-refractivity contribution in [2.24, 2.45) is 0 Å². The number of aromatic nitrogens is 2. The Balaban J connectivity index is 2.11. The first-order valence-corrected chi connectivity index (χ1v) is 8.59. The first kappa shape index (κ1) is 20.2. The van der Waals surface area contributed by atoms with E-state index in [9.17, 15) is 18.0 Å². The number of hydrogen-bond acceptors (Lipinski definition) is 3. The largest absolute Gasteiger partial charge is 0.416 e. The van der Waals surface area contributed by atoms with Crippen molar-refractivity contribution in [2.45, 2.75) is 12.6 Å². The van der Waals surface area contributed by atoms with Gasteiger partial charge in [-0.15, -0.1) is 0 Å². The van der Waals surface area contributed by atoms with E-state index >= 15 is 0 Å². The number of carbonyl (C=O) groups excluding carboxylic acids is 1. The third kappa shape index (κ3) is 4.30. The molecule has 5 nitrogen and oxygen atoms in total. The SMILES string of the molecule is O=C(Cc1cn(-c2cccc(C(F)(F)F)c2)nc1-c1ccc(Cl)c(Cl)c1)NO. The van der Waals surface area contributed by atoms with Crippen LogP contribution in [0.1, 0.15) is 11.1 Å². The normalized spacial score (nSPS) is 11.5. The van der Waals surface area contributed by atoms with Gasteiger partial charge >= 0.3 is 6.18 Å². The van der Waals surface area contributed by atoms with E-state index in [1.165, 1.54) is 34.6 Å². The van der Waals surface area contributed by atoms with Crippen LogP contribution in [0.25, 0.3) is 16.9 Å². The second-order valence-electron chi connectivity index (χ2n) is 5.84. The molecule has 0 atom stereocenters. The van der Waals surface area contributed by atoms with E-state index < -0.39 is 17.6 Å². The van der Waals surface area contributed by atoms with Crippen molar-refractivity contribution >= 4 is 29.1 Å². The zero-order chi connectivity index (χ0) is 20.5. The average Bonchev–Trinajstić information content (AvgIpc) is 3.07. The van der Waals surface area contributed by atoms with Crippen LogP contribution < -0.4 is 5.48 Å². The minimum atomic E-state index is -4.50. The molecule has 1 heterocycles. The number of benzene rings is 2. The molecule has 10 heteroatoms. The summed E-state index contributed by atoms with van der Waals surface area (Å²) >= 11 is 11.9. The lowest BCUT2D eigenvalue weighted by atomic mass is 10.1. The van der Waals surface area contributed by atoms with Gasteiger partial charge in [0.25, 0.3) is 0 Å². The highest BCUT2D eigenvalue weighted by Crippen LogP contribution is 2.32. The van der Waals surface area contributed by atoms with E-state index in [2.05, 4.69) is 5.10 Å². The Morgan fingerprint density at radius 1 is 1.14 bits per heavy atom. The molecule has 2 N–H and O–H groups in total. The highest BCUT2D eigenvalue weighted by atomic mass is 35.5. The van der Waals surface area contributed by atoms with Crippen molar-refractivity contribution < 1.29 is 23.2 Å². The van der Waals surface area contributed by atoms with Gasteiger partial charge in [0, 0.05) is 17.3 Å². The zero-order valence-corrected chi connectivity index (χ0v) is 15.5. The molecule has 2 aromatic carbocycles. The number of carbonyl (C=O) groups is 1. The summed E-state index contributed by atoms with van der Waals surface area (Å²) in [6.45, 7) is 0. The van der Waals surface area contributed by atoms with Crippen molar-refractivity contribution in [2.75, 3.05) is 0 Å². The number of nitrogens with zero attached hydrogens (tertiary/aromatic N) is 2. The van der Waals surface area contributed by atoms with E-state index in [1.54, 1.807) is 12.1 Å². The van der Waals surface area contributed by atoms with Crippen LogP contribution in [0, 0.1) is 0 Å². The Hall–Kier alpha value is -2.55. The van der Waals surface area contributed by atoms with Gasteiger partial charge in [-0.1, -0.05) is 35.3 Å². The Kier molecular flexibility index (Phi) is 5.64. The molecule has 0 aliphatic rings. The fourth-order valence-corrected chi connectivity index (χ4v) is 2.89. The van der Waals surface area contributed by atoms with Crippen LogP contribution in [-0.2, 0) is 17.4 Å². The number of alkyl halides is 3. The average molecular weight is 430 g/mol. The lowest BCUT2D eigenvalue weighted by molar-refractivity contribution is -0.137. The minimum absolute atomic E-state index is 0.159. The molecule has 0 spiro atoms. The highest BCUT2D eigenvalue weighted by Gasteiger charge is 2.30. The Morgan fingerprint density at radius 2 is 1.89 bits per heavy atom. The molecule has 1 amide bonds. The summed E-state index contributed by atoms with van der Waals surface area (Å²) in [4.78, 5) is 11.6. The second-order valence-corrected chi connectivity index (χ2v) is 6.65. The van der Waals surface area contributed by atoms with Crippen molar-refractivity contribution in [3.63, 3.8) is 0 Å². The molecule has 28 heavy (non-hydrogen) atoms. The lowest BCUT2D eigenvalue weighted by Crippen LogP contribution is -2.20. The molecule has 0 aliphatic carbocycles. The summed E-state index contributed by atoms with van der Waals surface area (Å²) in [7, 11) is 0. The molecule has 0 unspecified atom stereocenters. The zero-order valence-electron chi connectivity index (χ0n) is 14.0. The third-order valence-corrected chi connectivity index (χ3v) is 4.64. The number of nitrogens with one attached hydrogen (secondary N) is 1. The topological polar surface area (TPSA) is 67.2 Å². The number of hydroxylamine groups is 1. The van der Waals surface area contributed by atoms with E-state index in [0.29, 0.717) is 21.8 Å². The van der Waals surface area contributed by atoms with Gasteiger partial charge in [0.15, 0.2) is 0 Å². The van der Waals surface area contributed by atoms with Gasteiger partial charge in [-0.3, -0.25) is 10.0 Å². The lowest BCUT2D eigenvalue weighted by Gasteiger charge is -2.08. The maximum absolute atomic E-state index is 13.0. The predicted molar refractivity (Wildman–Crippen MR) is 97.7 cm³/mol. The van der Waals surface area contributed by atoms with Gasteiger partial charge in [-0.05, 0) is 30.3 Å². The fourth-order valence-electron chi connectivity index (χ4n) is 2.60. The Morgan fingerprint density at radius 3 is 2.54 bits per heavy atom. The smallest absolute Gasteiger partial charge is 0.289 e. The maximum Gasteiger partial charge on any atom is 0.416 e. The van der Waals surface area contributed by atoms with Gasteiger partial charge in [0.05, 0.1) is 33.4 Å². The number of rotatable bonds is 4. The van der Waals surface area contributed by atoms with Gasteiger partial charge in [-0.25, -0.2) is 10.2 Å². The van der Waals surface area contributed by atoms with Crippen LogP contribution >= 0.6 is 23.2 Å². The number of halogens is 5. The fraction of sp³-hybridized carbons (Fsp3) is 0.111. The van der Waals surface area contributed by atoms with E-state index in [0.717, 1.165) is 12.1 Å². The van der Waals surface area contributed by atoms with Crippen molar-refractivity contribution in [3.05, 3.63) is 69.8 Å². The van der Waals surface area contributed by atoms with Crippen LogP contribution in [0.3, 0.4) is 0 Å². The quantitative estimate of drug-likeness (QED) is 0.457. The molecule has 3 aromatic rings. The van der Waals surface area contributed by atoms with Crippen LogP contribution in [0.4, 0.5) is 13.2 Å². The summed E-state index contributed by atoms with van der Waals surface area (Å²) in [5.74, 6) is -0.704. The second kappa shape index (κ2) is 7.83. The summed E-state index contributed by atoms with van der Waals surface area (Å²) in [6, 6.07) is 9.30. The van der Waals surface area contributed by atoms with Gasteiger partial charge in [-0.2, -0.15) is 18.3 Å².